The van der Waals surface area contributed by atoms with Crippen molar-refractivity contribution in [1.29, 1.82) is 0 Å². The van der Waals surface area contributed by atoms with Crippen molar-refractivity contribution >= 4 is 79.5 Å². The van der Waals surface area contributed by atoms with Crippen LogP contribution in [0.25, 0.3) is 21.5 Å². The Balaban J connectivity index is 0.000000520. The minimum absolute atomic E-state index is 0. The summed E-state index contributed by atoms with van der Waals surface area (Å²) in [6.07, 6.45) is 54.9. The Kier molecular flexibility index (Phi) is 41.9. The van der Waals surface area contributed by atoms with Gasteiger partial charge < -0.3 is 9.11 Å². The number of aryl methyl sites for hydroxylation is 4. The van der Waals surface area contributed by atoms with E-state index in [2.05, 4.69) is 64.1 Å². The monoisotopic (exact) mass is 1130 g/mol. The van der Waals surface area contributed by atoms with Crippen LogP contribution in [0.3, 0.4) is 0 Å². The summed E-state index contributed by atoms with van der Waals surface area (Å²) in [5.41, 5.74) is 4.06. The van der Waals surface area contributed by atoms with Gasteiger partial charge in [-0.1, -0.05) is 307 Å². The number of benzene rings is 4. The molecule has 4 aromatic rings. The van der Waals surface area contributed by atoms with Crippen LogP contribution in [0, 0.1) is 0 Å². The standard InChI is InChI=1S/2C34H56O3S.Ca/c2*1-3-5-7-9-11-13-15-17-19-21-23-30-25-27-32-31(29-30)26-28-34(38(35,36)37)33(32)24-22-20-18-16-14-12-10-8-6-4-2;/h2*25-29H,3-24H2,1-2H3,(H,35,36,37);/q;;+2/p-2. The quantitative estimate of drug-likeness (QED) is 0.0247. The Labute approximate surface area is 504 Å². The molecule has 0 unspecified atom stereocenters. The van der Waals surface area contributed by atoms with Crippen LogP contribution in [0.4, 0.5) is 0 Å². The third kappa shape index (κ3) is 32.1. The van der Waals surface area contributed by atoms with Gasteiger partial charge in [-0.15, -0.1) is 0 Å². The minimum Gasteiger partial charge on any atom is -0.744 e. The van der Waals surface area contributed by atoms with Crippen molar-refractivity contribution in [3.05, 3.63) is 82.9 Å². The van der Waals surface area contributed by atoms with Crippen molar-refractivity contribution < 1.29 is 25.9 Å². The molecular weight excluding hydrogens is 1020 g/mol. The van der Waals surface area contributed by atoms with Gasteiger partial charge in [0.15, 0.2) is 0 Å². The van der Waals surface area contributed by atoms with Crippen molar-refractivity contribution in [2.45, 2.75) is 320 Å². The molecule has 0 bridgehead atoms. The van der Waals surface area contributed by atoms with E-state index in [1.54, 1.807) is 12.1 Å². The maximum absolute atomic E-state index is 12.0. The Morgan fingerprint density at radius 2 is 0.506 bits per heavy atom. The molecule has 0 aliphatic carbocycles. The molecule has 0 aliphatic heterocycles. The molecule has 0 spiro atoms. The van der Waals surface area contributed by atoms with Crippen molar-refractivity contribution in [1.82, 2.24) is 0 Å². The van der Waals surface area contributed by atoms with E-state index in [-0.39, 0.29) is 47.5 Å². The first-order valence-electron chi connectivity index (χ1n) is 31.9. The van der Waals surface area contributed by atoms with Crippen LogP contribution in [0.15, 0.2) is 70.5 Å². The van der Waals surface area contributed by atoms with Gasteiger partial charge in [0, 0.05) is 0 Å². The van der Waals surface area contributed by atoms with Gasteiger partial charge >= 0.3 is 37.7 Å². The van der Waals surface area contributed by atoms with E-state index in [1.807, 2.05) is 12.1 Å². The van der Waals surface area contributed by atoms with Gasteiger partial charge in [-0.25, -0.2) is 16.8 Å². The summed E-state index contributed by atoms with van der Waals surface area (Å²) in [6, 6.07) is 19.5. The van der Waals surface area contributed by atoms with Crippen LogP contribution in [-0.4, -0.2) is 63.7 Å². The molecule has 9 heteroatoms. The fourth-order valence-corrected chi connectivity index (χ4v) is 12.9. The molecule has 4 rings (SSSR count). The third-order valence-corrected chi connectivity index (χ3v) is 17.9. The molecule has 0 radical (unpaired) electrons. The second kappa shape index (κ2) is 45.1. The minimum atomic E-state index is -4.48. The molecular formula is C68H110CaO6S2. The van der Waals surface area contributed by atoms with Crippen LogP contribution in [-0.2, 0) is 45.9 Å². The Morgan fingerprint density at radius 3 is 0.740 bits per heavy atom. The first-order chi connectivity index (χ1) is 36.9. The average Bonchev–Trinajstić information content (AvgIpc) is 3.40. The molecule has 77 heavy (non-hydrogen) atoms. The zero-order chi connectivity index (χ0) is 55.0. The molecule has 0 saturated carbocycles. The predicted molar refractivity (Wildman–Crippen MR) is 332 cm³/mol. The van der Waals surface area contributed by atoms with E-state index in [0.717, 1.165) is 71.2 Å². The molecule has 0 aromatic heterocycles. The van der Waals surface area contributed by atoms with E-state index in [0.29, 0.717) is 12.8 Å². The van der Waals surface area contributed by atoms with E-state index < -0.39 is 20.2 Å². The number of unbranched alkanes of at least 4 members (excludes halogenated alkanes) is 36. The molecule has 0 saturated heterocycles. The average molecular weight is 1130 g/mol. The fourth-order valence-electron chi connectivity index (χ4n) is 11.4. The molecule has 0 fully saturated rings. The summed E-state index contributed by atoms with van der Waals surface area (Å²) < 4.78 is 72.0. The van der Waals surface area contributed by atoms with Crippen molar-refractivity contribution in [3.63, 3.8) is 0 Å². The van der Waals surface area contributed by atoms with Gasteiger partial charge in [0.25, 0.3) is 0 Å². The Bertz CT molecular complexity index is 2160. The molecule has 432 valence electrons. The van der Waals surface area contributed by atoms with Gasteiger partial charge in [0.2, 0.25) is 0 Å². The third-order valence-electron chi connectivity index (χ3n) is 16.0. The maximum atomic E-state index is 12.0. The SMILES string of the molecule is CCCCCCCCCCCCc1ccc2c(CCCCCCCCCCCC)c(S(=O)(=O)[O-])ccc2c1.CCCCCCCCCCCCc1ccc2c(CCCCCCCCCCCC)c(S(=O)(=O)[O-])ccc2c1.[Ca+2]. The summed E-state index contributed by atoms with van der Waals surface area (Å²) in [7, 11) is -8.96. The smallest absolute Gasteiger partial charge is 0.744 e. The molecule has 0 amide bonds. The first kappa shape index (κ1) is 71.6. The van der Waals surface area contributed by atoms with Gasteiger partial charge in [0.1, 0.15) is 20.2 Å². The predicted octanol–water partition coefficient (Wildman–Crippen LogP) is 21.0. The van der Waals surface area contributed by atoms with E-state index in [4.69, 9.17) is 0 Å². The number of hydrogen-bond acceptors (Lipinski definition) is 6. The van der Waals surface area contributed by atoms with Crippen LogP contribution in [0.1, 0.15) is 307 Å². The maximum Gasteiger partial charge on any atom is 2.00 e. The number of fused-ring (bicyclic) bond motifs is 2. The summed E-state index contributed by atoms with van der Waals surface area (Å²) in [5.74, 6) is 0. The molecule has 0 atom stereocenters. The number of hydrogen-bond donors (Lipinski definition) is 0. The van der Waals surface area contributed by atoms with Crippen molar-refractivity contribution in [3.8, 4) is 0 Å². The largest absolute Gasteiger partial charge is 2.00 e. The van der Waals surface area contributed by atoms with Gasteiger partial charge in [-0.05, 0) is 107 Å². The molecule has 4 aromatic carbocycles. The second-order valence-corrected chi connectivity index (χ2v) is 25.5. The Hall–Kier alpha value is -1.52. The molecule has 0 N–H and O–H groups in total. The van der Waals surface area contributed by atoms with E-state index in [1.165, 1.54) is 242 Å². The van der Waals surface area contributed by atoms with Crippen molar-refractivity contribution in [2.75, 3.05) is 0 Å². The summed E-state index contributed by atoms with van der Waals surface area (Å²) in [6.45, 7) is 9.03. The van der Waals surface area contributed by atoms with Crippen LogP contribution in [0.5, 0.6) is 0 Å². The summed E-state index contributed by atoms with van der Waals surface area (Å²) in [5, 5.41) is 3.99. The fraction of sp³-hybridized carbons (Fsp3) is 0.706. The van der Waals surface area contributed by atoms with E-state index in [9.17, 15) is 25.9 Å². The molecule has 0 heterocycles. The molecule has 0 aliphatic rings. The summed E-state index contributed by atoms with van der Waals surface area (Å²) in [4.78, 5) is -0.0493. The second-order valence-electron chi connectivity index (χ2n) is 22.8. The van der Waals surface area contributed by atoms with Gasteiger partial charge in [-0.3, -0.25) is 0 Å². The van der Waals surface area contributed by atoms with Gasteiger partial charge in [0.05, 0.1) is 9.79 Å². The van der Waals surface area contributed by atoms with Crippen LogP contribution < -0.4 is 0 Å². The Morgan fingerprint density at radius 1 is 0.286 bits per heavy atom. The summed E-state index contributed by atoms with van der Waals surface area (Å²) >= 11 is 0. The zero-order valence-electron chi connectivity index (χ0n) is 49.9. The van der Waals surface area contributed by atoms with Crippen molar-refractivity contribution in [2.24, 2.45) is 0 Å². The zero-order valence-corrected chi connectivity index (χ0v) is 53.7. The normalized spacial score (nSPS) is 11.8. The van der Waals surface area contributed by atoms with E-state index >= 15 is 0 Å². The topological polar surface area (TPSA) is 114 Å². The number of rotatable bonds is 46. The van der Waals surface area contributed by atoms with Crippen LogP contribution >= 0.6 is 0 Å². The molecule has 6 nitrogen and oxygen atoms in total. The van der Waals surface area contributed by atoms with Crippen LogP contribution in [0.2, 0.25) is 0 Å². The van der Waals surface area contributed by atoms with Gasteiger partial charge in [-0.2, -0.15) is 0 Å². The first-order valence-corrected chi connectivity index (χ1v) is 34.8.